The summed E-state index contributed by atoms with van der Waals surface area (Å²) in [6.45, 7) is 1.57. The van der Waals surface area contributed by atoms with Crippen molar-refractivity contribution in [3.05, 3.63) is 84.6 Å². The highest BCUT2D eigenvalue weighted by molar-refractivity contribution is 5.69. The first-order chi connectivity index (χ1) is 15.4. The highest BCUT2D eigenvalue weighted by Gasteiger charge is 2.17. The summed E-state index contributed by atoms with van der Waals surface area (Å²) in [5, 5.41) is 13.0. The number of hydrogen-bond donors (Lipinski definition) is 2. The lowest BCUT2D eigenvalue weighted by Gasteiger charge is -2.20. The molecule has 2 aromatic carbocycles. The third-order valence-corrected chi connectivity index (χ3v) is 4.99. The van der Waals surface area contributed by atoms with Gasteiger partial charge in [-0.2, -0.15) is 5.10 Å². The van der Waals surface area contributed by atoms with E-state index in [0.29, 0.717) is 22.4 Å². The molecule has 0 saturated heterocycles. The summed E-state index contributed by atoms with van der Waals surface area (Å²) in [4.78, 5) is 15.1. The van der Waals surface area contributed by atoms with Crippen molar-refractivity contribution in [2.75, 3.05) is 5.73 Å². The molecule has 1 atom stereocenters. The molecule has 3 N–H and O–H groups in total. The lowest BCUT2D eigenvalue weighted by Crippen LogP contribution is -2.08. The second-order valence-electron chi connectivity index (χ2n) is 7.29. The number of nitrogen functional groups attached to an aromatic ring is 1. The van der Waals surface area contributed by atoms with E-state index in [0.717, 1.165) is 11.1 Å². The molecule has 4 aromatic rings. The van der Waals surface area contributed by atoms with Gasteiger partial charge in [0.1, 0.15) is 18.5 Å². The molecule has 2 aromatic heterocycles. The third kappa shape index (κ3) is 4.59. The van der Waals surface area contributed by atoms with Crippen LogP contribution in [0.3, 0.4) is 0 Å². The maximum absolute atomic E-state index is 14.1. The Labute approximate surface area is 183 Å². The Bertz CT molecular complexity index is 1260. The molecule has 0 aliphatic heterocycles. The number of carboxylic acids is 1. The molecule has 0 aliphatic carbocycles. The number of halogens is 1. The lowest BCUT2D eigenvalue weighted by atomic mass is 9.96. The zero-order valence-corrected chi connectivity index (χ0v) is 17.3. The summed E-state index contributed by atoms with van der Waals surface area (Å²) in [5.41, 5.74) is 9.86. The van der Waals surface area contributed by atoms with Crippen LogP contribution in [0.4, 0.5) is 10.2 Å². The summed E-state index contributed by atoms with van der Waals surface area (Å²) in [5.74, 6) is -0.821. The van der Waals surface area contributed by atoms with Crippen molar-refractivity contribution in [3.8, 4) is 28.0 Å². The summed E-state index contributed by atoms with van der Waals surface area (Å²) in [6, 6.07) is 16.0. The minimum absolute atomic E-state index is 0.191. The van der Waals surface area contributed by atoms with E-state index in [4.69, 9.17) is 15.6 Å². The van der Waals surface area contributed by atoms with Crippen LogP contribution >= 0.6 is 0 Å². The van der Waals surface area contributed by atoms with Gasteiger partial charge in [-0.05, 0) is 36.2 Å². The molecule has 0 unspecified atom stereocenters. The zero-order valence-electron chi connectivity index (χ0n) is 17.3. The summed E-state index contributed by atoms with van der Waals surface area (Å²) >= 11 is 0. The van der Waals surface area contributed by atoms with Crippen molar-refractivity contribution in [1.29, 1.82) is 0 Å². The predicted molar refractivity (Wildman–Crippen MR) is 118 cm³/mol. The van der Waals surface area contributed by atoms with Gasteiger partial charge in [0.2, 0.25) is 0 Å². The molecule has 0 aliphatic rings. The average molecular weight is 432 g/mol. The monoisotopic (exact) mass is 432 g/mol. The molecule has 2 heterocycles. The fraction of sp³-hybridized carbons (Fsp3) is 0.125. The molecule has 7 nitrogen and oxygen atoms in total. The van der Waals surface area contributed by atoms with E-state index in [2.05, 4.69) is 10.1 Å². The highest BCUT2D eigenvalue weighted by Crippen LogP contribution is 2.34. The number of benzene rings is 2. The zero-order chi connectivity index (χ0) is 22.7. The van der Waals surface area contributed by atoms with Crippen LogP contribution in [0.25, 0.3) is 22.3 Å². The molecular formula is C24H21FN4O3. The summed E-state index contributed by atoms with van der Waals surface area (Å²) in [6.07, 6.45) is 4.19. The molecule has 0 spiro atoms. The largest absolute Gasteiger partial charge is 0.482 e. The smallest absolute Gasteiger partial charge is 0.325 e. The SMILES string of the molecule is C[C@@H](Oc1cc(-c2cnn(CC(=O)O)c2)cnc1N)c1cc(F)ccc1-c1ccccc1. The van der Waals surface area contributed by atoms with Crippen LogP contribution in [0.1, 0.15) is 18.6 Å². The first-order valence-corrected chi connectivity index (χ1v) is 9.92. The van der Waals surface area contributed by atoms with Crippen LogP contribution in [0, 0.1) is 5.82 Å². The fourth-order valence-electron chi connectivity index (χ4n) is 3.45. The van der Waals surface area contributed by atoms with E-state index < -0.39 is 12.1 Å². The van der Waals surface area contributed by atoms with Gasteiger partial charge in [0.25, 0.3) is 0 Å². The second kappa shape index (κ2) is 8.89. The quantitative estimate of drug-likeness (QED) is 0.444. The topological polar surface area (TPSA) is 103 Å². The van der Waals surface area contributed by atoms with Gasteiger partial charge >= 0.3 is 5.97 Å². The van der Waals surface area contributed by atoms with Crippen LogP contribution in [0.15, 0.2) is 73.2 Å². The number of anilines is 1. The first-order valence-electron chi connectivity index (χ1n) is 9.92. The van der Waals surface area contributed by atoms with E-state index in [1.165, 1.54) is 16.8 Å². The standard InChI is InChI=1S/C24H21FN4O3/c1-15(21-10-19(25)7-8-20(21)16-5-3-2-4-6-16)32-22-9-17(11-27-24(22)26)18-12-28-29(13-18)14-23(30)31/h2-13,15H,14H2,1H3,(H2,26,27)(H,30,31)/t15-/m1/s1. The fourth-order valence-corrected chi connectivity index (χ4v) is 3.45. The lowest BCUT2D eigenvalue weighted by molar-refractivity contribution is -0.137. The summed E-state index contributed by atoms with van der Waals surface area (Å²) < 4.78 is 21.5. The molecule has 8 heteroatoms. The van der Waals surface area contributed by atoms with Crippen LogP contribution in [0.5, 0.6) is 5.75 Å². The molecule has 162 valence electrons. The number of hydrogen-bond acceptors (Lipinski definition) is 5. The number of nitrogens with zero attached hydrogens (tertiary/aromatic N) is 3. The van der Waals surface area contributed by atoms with Crippen molar-refractivity contribution in [2.24, 2.45) is 0 Å². The van der Waals surface area contributed by atoms with E-state index >= 15 is 0 Å². The highest BCUT2D eigenvalue weighted by atomic mass is 19.1. The Morgan fingerprint density at radius 1 is 1.12 bits per heavy atom. The Kier molecular flexibility index (Phi) is 5.85. The van der Waals surface area contributed by atoms with Gasteiger partial charge in [-0.1, -0.05) is 36.4 Å². The molecule has 0 bridgehead atoms. The molecule has 32 heavy (non-hydrogen) atoms. The van der Waals surface area contributed by atoms with Gasteiger partial charge in [0.05, 0.1) is 6.20 Å². The van der Waals surface area contributed by atoms with Crippen LogP contribution < -0.4 is 10.5 Å². The molecular weight excluding hydrogens is 411 g/mol. The van der Waals surface area contributed by atoms with Crippen LogP contribution in [-0.2, 0) is 11.3 Å². The average Bonchev–Trinajstić information content (AvgIpc) is 3.23. The predicted octanol–water partition coefficient (Wildman–Crippen LogP) is 4.56. The third-order valence-electron chi connectivity index (χ3n) is 4.99. The first kappa shape index (κ1) is 21.0. The normalized spacial score (nSPS) is 11.8. The molecule has 0 radical (unpaired) electrons. The van der Waals surface area contributed by atoms with Crippen molar-refractivity contribution in [1.82, 2.24) is 14.8 Å². The van der Waals surface area contributed by atoms with Crippen molar-refractivity contribution < 1.29 is 19.0 Å². The van der Waals surface area contributed by atoms with Gasteiger partial charge in [-0.3, -0.25) is 9.48 Å². The number of rotatable bonds is 7. The van der Waals surface area contributed by atoms with Gasteiger partial charge in [-0.15, -0.1) is 0 Å². The Morgan fingerprint density at radius 2 is 1.91 bits per heavy atom. The molecule has 0 amide bonds. The van der Waals surface area contributed by atoms with Crippen LogP contribution in [0.2, 0.25) is 0 Å². The number of carbonyl (C=O) groups is 1. The number of aliphatic carboxylic acids is 1. The van der Waals surface area contributed by atoms with E-state index in [1.54, 1.807) is 30.7 Å². The Hall–Kier alpha value is -4.20. The second-order valence-corrected chi connectivity index (χ2v) is 7.29. The van der Waals surface area contributed by atoms with E-state index in [9.17, 15) is 9.18 Å². The van der Waals surface area contributed by atoms with Crippen LogP contribution in [-0.4, -0.2) is 25.8 Å². The van der Waals surface area contributed by atoms with Crippen molar-refractivity contribution in [2.45, 2.75) is 19.6 Å². The van der Waals surface area contributed by atoms with Gasteiger partial charge in [-0.25, -0.2) is 9.37 Å². The van der Waals surface area contributed by atoms with Gasteiger partial charge < -0.3 is 15.6 Å². The minimum atomic E-state index is -0.989. The maximum atomic E-state index is 14.1. The molecule has 4 rings (SSSR count). The Morgan fingerprint density at radius 3 is 2.66 bits per heavy atom. The minimum Gasteiger partial charge on any atom is -0.482 e. The number of nitrogens with two attached hydrogens (primary N) is 1. The number of aromatic nitrogens is 3. The van der Waals surface area contributed by atoms with Crippen molar-refractivity contribution >= 4 is 11.8 Å². The van der Waals surface area contributed by atoms with E-state index in [-0.39, 0.29) is 18.2 Å². The number of carboxylic acid groups (broad SMARTS) is 1. The molecule has 0 saturated carbocycles. The number of pyridine rings is 1. The maximum Gasteiger partial charge on any atom is 0.325 e. The summed E-state index contributed by atoms with van der Waals surface area (Å²) in [7, 11) is 0. The number of ether oxygens (including phenoxy) is 1. The van der Waals surface area contributed by atoms with Gasteiger partial charge in [0.15, 0.2) is 11.6 Å². The Balaban J connectivity index is 1.64. The van der Waals surface area contributed by atoms with Crippen molar-refractivity contribution in [3.63, 3.8) is 0 Å². The van der Waals surface area contributed by atoms with E-state index in [1.807, 2.05) is 37.3 Å². The van der Waals surface area contributed by atoms with Gasteiger partial charge in [0, 0.05) is 29.1 Å². The molecule has 0 fully saturated rings.